The van der Waals surface area contributed by atoms with Crippen molar-refractivity contribution < 1.29 is 4.92 Å². The predicted molar refractivity (Wildman–Crippen MR) is 82.7 cm³/mol. The summed E-state index contributed by atoms with van der Waals surface area (Å²) in [5.74, 6) is 2.65. The number of nitrogens with zero attached hydrogens (tertiary/aromatic N) is 3. The predicted octanol–water partition coefficient (Wildman–Crippen LogP) is 3.05. The number of anilines is 2. The Kier molecular flexibility index (Phi) is 3.94. The lowest BCUT2D eigenvalue weighted by molar-refractivity contribution is -0.384. The Morgan fingerprint density at radius 3 is 2.71 bits per heavy atom. The molecule has 2 atom stereocenters. The average Bonchev–Trinajstić information content (AvgIpc) is 3.05. The van der Waals surface area contributed by atoms with Gasteiger partial charge in [-0.05, 0) is 37.2 Å². The molecular formula is C15H22N4O2. The summed E-state index contributed by atoms with van der Waals surface area (Å²) in [6, 6.07) is 3.28. The van der Waals surface area contributed by atoms with Gasteiger partial charge in [-0.1, -0.05) is 13.3 Å². The van der Waals surface area contributed by atoms with Crippen LogP contribution < -0.4 is 10.2 Å². The molecule has 1 aromatic heterocycles. The van der Waals surface area contributed by atoms with Gasteiger partial charge in [0.05, 0.1) is 4.92 Å². The Morgan fingerprint density at radius 1 is 1.38 bits per heavy atom. The van der Waals surface area contributed by atoms with Gasteiger partial charge < -0.3 is 10.2 Å². The van der Waals surface area contributed by atoms with Crippen LogP contribution >= 0.6 is 0 Å². The second-order valence-corrected chi connectivity index (χ2v) is 6.08. The topological polar surface area (TPSA) is 71.3 Å². The lowest BCUT2D eigenvalue weighted by Gasteiger charge is -2.19. The summed E-state index contributed by atoms with van der Waals surface area (Å²) in [6.07, 6.45) is 4.81. The second kappa shape index (κ2) is 5.87. The van der Waals surface area contributed by atoms with Crippen LogP contribution in [-0.2, 0) is 0 Å². The Labute approximate surface area is 124 Å². The van der Waals surface area contributed by atoms with Crippen LogP contribution in [-0.4, -0.2) is 29.5 Å². The minimum Gasteiger partial charge on any atom is -0.370 e. The Balaban J connectivity index is 1.85. The van der Waals surface area contributed by atoms with E-state index >= 15 is 0 Å². The van der Waals surface area contributed by atoms with Crippen LogP contribution in [0.1, 0.15) is 32.6 Å². The van der Waals surface area contributed by atoms with E-state index in [1.54, 1.807) is 12.1 Å². The molecule has 1 saturated heterocycles. The van der Waals surface area contributed by atoms with E-state index in [-0.39, 0.29) is 10.6 Å². The molecule has 114 valence electrons. The summed E-state index contributed by atoms with van der Waals surface area (Å²) in [5, 5.41) is 14.5. The van der Waals surface area contributed by atoms with Gasteiger partial charge in [-0.15, -0.1) is 0 Å². The van der Waals surface area contributed by atoms with Gasteiger partial charge in [0.15, 0.2) is 0 Å². The molecular weight excluding hydrogens is 268 g/mol. The molecule has 6 nitrogen and oxygen atoms in total. The molecule has 2 fully saturated rings. The fourth-order valence-electron chi connectivity index (χ4n) is 3.58. The molecule has 0 bridgehead atoms. The SMILES string of the molecule is CCCNc1ccc([N+](=O)[O-])c(N2CC3CCCC3C2)n1. The van der Waals surface area contributed by atoms with Gasteiger partial charge in [0, 0.05) is 25.7 Å². The third-order valence-electron chi connectivity index (χ3n) is 4.63. The van der Waals surface area contributed by atoms with Crippen molar-refractivity contribution in [2.75, 3.05) is 29.9 Å². The molecule has 6 heteroatoms. The number of nitrogens with one attached hydrogen (secondary N) is 1. The third-order valence-corrected chi connectivity index (χ3v) is 4.63. The Hall–Kier alpha value is -1.85. The van der Waals surface area contributed by atoms with Crippen molar-refractivity contribution in [3.05, 3.63) is 22.2 Å². The Bertz CT molecular complexity index is 522. The molecule has 1 aromatic rings. The zero-order valence-electron chi connectivity index (χ0n) is 12.4. The van der Waals surface area contributed by atoms with Crippen LogP contribution in [0.15, 0.2) is 12.1 Å². The molecule has 0 aromatic carbocycles. The maximum atomic E-state index is 11.3. The molecule has 2 aliphatic rings. The fourth-order valence-corrected chi connectivity index (χ4v) is 3.58. The summed E-state index contributed by atoms with van der Waals surface area (Å²) < 4.78 is 0. The summed E-state index contributed by atoms with van der Waals surface area (Å²) in [4.78, 5) is 17.6. The van der Waals surface area contributed by atoms with Crippen LogP contribution in [0.3, 0.4) is 0 Å². The molecule has 3 rings (SSSR count). The minimum absolute atomic E-state index is 0.122. The standard InChI is InChI=1S/C15H22N4O2/c1-2-8-16-14-7-6-13(19(20)21)15(17-14)18-9-11-4-3-5-12(11)10-18/h6-7,11-12H,2-5,8-10H2,1H3,(H,16,17). The van der Waals surface area contributed by atoms with E-state index in [0.717, 1.165) is 31.9 Å². The smallest absolute Gasteiger partial charge is 0.311 e. The van der Waals surface area contributed by atoms with Gasteiger partial charge in [-0.25, -0.2) is 4.98 Å². The van der Waals surface area contributed by atoms with Crippen molar-refractivity contribution in [2.24, 2.45) is 11.8 Å². The third kappa shape index (κ3) is 2.80. The van der Waals surface area contributed by atoms with Crippen LogP contribution in [0.25, 0.3) is 0 Å². The van der Waals surface area contributed by atoms with E-state index in [9.17, 15) is 10.1 Å². The molecule has 0 radical (unpaired) electrons. The molecule has 1 N–H and O–H groups in total. The first-order valence-corrected chi connectivity index (χ1v) is 7.83. The number of pyridine rings is 1. The first kappa shape index (κ1) is 14.1. The molecule has 1 saturated carbocycles. The molecule has 0 amide bonds. The van der Waals surface area contributed by atoms with Crippen LogP contribution in [0.2, 0.25) is 0 Å². The summed E-state index contributed by atoms with van der Waals surface area (Å²) in [6.45, 7) is 4.74. The monoisotopic (exact) mass is 290 g/mol. The maximum absolute atomic E-state index is 11.3. The quantitative estimate of drug-likeness (QED) is 0.666. The average molecular weight is 290 g/mol. The van der Waals surface area contributed by atoms with E-state index < -0.39 is 0 Å². The van der Waals surface area contributed by atoms with E-state index in [0.29, 0.717) is 17.7 Å². The number of fused-ring (bicyclic) bond motifs is 1. The van der Waals surface area contributed by atoms with Crippen LogP contribution in [0.4, 0.5) is 17.3 Å². The fraction of sp³-hybridized carbons (Fsp3) is 0.667. The van der Waals surface area contributed by atoms with E-state index in [4.69, 9.17) is 0 Å². The molecule has 1 aliphatic carbocycles. The first-order valence-electron chi connectivity index (χ1n) is 7.83. The normalized spacial score (nSPS) is 24.1. The van der Waals surface area contributed by atoms with Crippen molar-refractivity contribution in [1.29, 1.82) is 0 Å². The lowest BCUT2D eigenvalue weighted by Crippen LogP contribution is -2.23. The summed E-state index contributed by atoms with van der Waals surface area (Å²) in [7, 11) is 0. The number of hydrogen-bond acceptors (Lipinski definition) is 5. The van der Waals surface area contributed by atoms with Gasteiger partial charge in [-0.2, -0.15) is 0 Å². The van der Waals surface area contributed by atoms with Crippen LogP contribution in [0.5, 0.6) is 0 Å². The Morgan fingerprint density at radius 2 is 2.10 bits per heavy atom. The highest BCUT2D eigenvalue weighted by atomic mass is 16.6. The van der Waals surface area contributed by atoms with E-state index in [1.165, 1.54) is 19.3 Å². The van der Waals surface area contributed by atoms with Crippen molar-refractivity contribution in [2.45, 2.75) is 32.6 Å². The van der Waals surface area contributed by atoms with Gasteiger partial charge in [0.1, 0.15) is 5.82 Å². The number of hydrogen-bond donors (Lipinski definition) is 1. The zero-order chi connectivity index (χ0) is 14.8. The highest BCUT2D eigenvalue weighted by Gasteiger charge is 2.38. The van der Waals surface area contributed by atoms with Gasteiger partial charge in [-0.3, -0.25) is 10.1 Å². The largest absolute Gasteiger partial charge is 0.370 e. The second-order valence-electron chi connectivity index (χ2n) is 6.08. The van der Waals surface area contributed by atoms with Gasteiger partial charge >= 0.3 is 5.69 Å². The number of aromatic nitrogens is 1. The highest BCUT2D eigenvalue weighted by molar-refractivity contribution is 5.62. The first-order chi connectivity index (χ1) is 10.2. The minimum atomic E-state index is -0.319. The van der Waals surface area contributed by atoms with Crippen molar-refractivity contribution in [3.63, 3.8) is 0 Å². The summed E-state index contributed by atoms with van der Waals surface area (Å²) >= 11 is 0. The van der Waals surface area contributed by atoms with Crippen molar-refractivity contribution in [3.8, 4) is 0 Å². The molecule has 1 aliphatic heterocycles. The number of rotatable bonds is 5. The van der Waals surface area contributed by atoms with E-state index in [2.05, 4.69) is 22.1 Å². The zero-order valence-corrected chi connectivity index (χ0v) is 12.4. The van der Waals surface area contributed by atoms with Gasteiger partial charge in [0.25, 0.3) is 0 Å². The number of nitro groups is 1. The molecule has 2 heterocycles. The maximum Gasteiger partial charge on any atom is 0.311 e. The molecule has 2 unspecified atom stereocenters. The summed E-state index contributed by atoms with van der Waals surface area (Å²) in [5.41, 5.74) is 0.122. The van der Waals surface area contributed by atoms with Crippen molar-refractivity contribution in [1.82, 2.24) is 4.98 Å². The van der Waals surface area contributed by atoms with Crippen LogP contribution in [0, 0.1) is 22.0 Å². The van der Waals surface area contributed by atoms with Crippen molar-refractivity contribution >= 4 is 17.3 Å². The lowest BCUT2D eigenvalue weighted by atomic mass is 10.0. The molecule has 0 spiro atoms. The highest BCUT2D eigenvalue weighted by Crippen LogP contribution is 2.41. The van der Waals surface area contributed by atoms with Gasteiger partial charge in [0.2, 0.25) is 5.82 Å². The van der Waals surface area contributed by atoms with E-state index in [1.807, 2.05) is 0 Å². The molecule has 21 heavy (non-hydrogen) atoms.